The smallest absolute Gasteiger partial charge is 0.0108 e. The van der Waals surface area contributed by atoms with Crippen molar-refractivity contribution in [1.29, 1.82) is 0 Å². The van der Waals surface area contributed by atoms with Gasteiger partial charge < -0.3 is 15.1 Å². The summed E-state index contributed by atoms with van der Waals surface area (Å²) in [6, 6.07) is 0.718. The third-order valence-electron chi connectivity index (χ3n) is 5.15. The van der Waals surface area contributed by atoms with E-state index in [4.69, 9.17) is 0 Å². The highest BCUT2D eigenvalue weighted by molar-refractivity contribution is 4.90. The summed E-state index contributed by atoms with van der Waals surface area (Å²) in [4.78, 5) is 4.80. The molecule has 0 spiro atoms. The number of nitrogens with one attached hydrogen (secondary N) is 1. The van der Waals surface area contributed by atoms with Gasteiger partial charge in [-0.15, -0.1) is 0 Å². The monoisotopic (exact) mass is 297 g/mol. The molecule has 3 atom stereocenters. The lowest BCUT2D eigenvalue weighted by atomic mass is 9.67. The van der Waals surface area contributed by atoms with Gasteiger partial charge in [-0.3, -0.25) is 0 Å². The Hall–Kier alpha value is -0.120. The second kappa shape index (κ2) is 8.50. The molecule has 1 aliphatic carbocycles. The van der Waals surface area contributed by atoms with E-state index in [9.17, 15) is 0 Å². The lowest BCUT2D eigenvalue weighted by Crippen LogP contribution is -2.47. The summed E-state index contributed by atoms with van der Waals surface area (Å²) in [6.07, 6.45) is 4.12. The first-order chi connectivity index (χ1) is 9.74. The predicted octanol–water partition coefficient (Wildman–Crippen LogP) is 2.92. The Morgan fingerprint density at radius 1 is 1.05 bits per heavy atom. The van der Waals surface area contributed by atoms with Crippen LogP contribution >= 0.6 is 0 Å². The Morgan fingerprint density at radius 3 is 2.24 bits per heavy atom. The molecule has 1 N–H and O–H groups in total. The summed E-state index contributed by atoms with van der Waals surface area (Å²) in [5, 5.41) is 3.74. The molecule has 0 radical (unpaired) electrons. The van der Waals surface area contributed by atoms with Gasteiger partial charge >= 0.3 is 0 Å². The largest absolute Gasteiger partial charge is 0.314 e. The van der Waals surface area contributed by atoms with Gasteiger partial charge in [-0.25, -0.2) is 0 Å². The minimum absolute atomic E-state index is 0.456. The molecule has 1 aliphatic rings. The Labute approximate surface area is 133 Å². The zero-order valence-electron chi connectivity index (χ0n) is 15.6. The second-order valence-electron chi connectivity index (χ2n) is 8.37. The fourth-order valence-corrected chi connectivity index (χ4v) is 3.65. The summed E-state index contributed by atoms with van der Waals surface area (Å²) >= 11 is 0. The highest BCUT2D eigenvalue weighted by Crippen LogP contribution is 2.40. The van der Waals surface area contributed by atoms with Crippen LogP contribution in [0.15, 0.2) is 0 Å². The first kappa shape index (κ1) is 18.9. The minimum atomic E-state index is 0.456. The molecule has 0 amide bonds. The fourth-order valence-electron chi connectivity index (χ4n) is 3.65. The van der Waals surface area contributed by atoms with Crippen LogP contribution in [0.3, 0.4) is 0 Å². The maximum absolute atomic E-state index is 3.74. The van der Waals surface area contributed by atoms with Crippen LogP contribution in [0.5, 0.6) is 0 Å². The zero-order chi connectivity index (χ0) is 16.0. The van der Waals surface area contributed by atoms with E-state index in [-0.39, 0.29) is 0 Å². The molecule has 0 aromatic carbocycles. The van der Waals surface area contributed by atoms with Gasteiger partial charge in [0.2, 0.25) is 0 Å². The van der Waals surface area contributed by atoms with Gasteiger partial charge in [0.25, 0.3) is 0 Å². The normalized spacial score (nSPS) is 27.6. The highest BCUT2D eigenvalue weighted by Gasteiger charge is 2.35. The van der Waals surface area contributed by atoms with Gasteiger partial charge in [-0.05, 0) is 64.2 Å². The van der Waals surface area contributed by atoms with Gasteiger partial charge in [0.05, 0.1) is 0 Å². The van der Waals surface area contributed by atoms with E-state index in [0.29, 0.717) is 5.41 Å². The standard InChI is InChI=1S/C18H39N3/c1-8-19-17-10-9-16(18(2,3)4)13-15(17)14-21(7)12-11-20(5)6/h15-17,19H,8-14H2,1-7H3. The minimum Gasteiger partial charge on any atom is -0.314 e. The van der Waals surface area contributed by atoms with Crippen molar-refractivity contribution >= 4 is 0 Å². The van der Waals surface area contributed by atoms with Crippen molar-refractivity contribution in [3.05, 3.63) is 0 Å². The van der Waals surface area contributed by atoms with Crippen LogP contribution in [-0.2, 0) is 0 Å². The molecular formula is C18H39N3. The number of nitrogens with zero attached hydrogens (tertiary/aromatic N) is 2. The molecule has 21 heavy (non-hydrogen) atoms. The first-order valence-corrected chi connectivity index (χ1v) is 8.80. The molecule has 1 fully saturated rings. The molecule has 3 heteroatoms. The first-order valence-electron chi connectivity index (χ1n) is 8.80. The Balaban J connectivity index is 2.58. The maximum Gasteiger partial charge on any atom is 0.0108 e. The number of hydrogen-bond acceptors (Lipinski definition) is 3. The van der Waals surface area contributed by atoms with E-state index < -0.39 is 0 Å². The molecule has 0 aromatic heterocycles. The lowest BCUT2D eigenvalue weighted by Gasteiger charge is -2.43. The van der Waals surface area contributed by atoms with Gasteiger partial charge in [0.1, 0.15) is 0 Å². The summed E-state index contributed by atoms with van der Waals surface area (Å²) in [6.45, 7) is 14.1. The van der Waals surface area contributed by atoms with E-state index in [1.165, 1.54) is 32.4 Å². The van der Waals surface area contributed by atoms with Crippen LogP contribution in [0.2, 0.25) is 0 Å². The van der Waals surface area contributed by atoms with Crippen molar-refractivity contribution in [2.75, 3.05) is 47.3 Å². The molecule has 0 bridgehead atoms. The van der Waals surface area contributed by atoms with Gasteiger partial charge in [0, 0.05) is 25.7 Å². The number of hydrogen-bond donors (Lipinski definition) is 1. The van der Waals surface area contributed by atoms with Crippen molar-refractivity contribution in [2.45, 2.75) is 53.0 Å². The molecular weight excluding hydrogens is 258 g/mol. The van der Waals surface area contributed by atoms with E-state index in [0.717, 1.165) is 31.0 Å². The predicted molar refractivity (Wildman–Crippen MR) is 93.8 cm³/mol. The van der Waals surface area contributed by atoms with Gasteiger partial charge in [-0.1, -0.05) is 27.7 Å². The number of likely N-dealkylation sites (N-methyl/N-ethyl adjacent to an activating group) is 2. The third-order valence-corrected chi connectivity index (χ3v) is 5.15. The van der Waals surface area contributed by atoms with E-state index in [1.54, 1.807) is 0 Å². The molecule has 1 rings (SSSR count). The van der Waals surface area contributed by atoms with E-state index in [2.05, 4.69) is 64.0 Å². The Bertz CT molecular complexity index is 283. The second-order valence-corrected chi connectivity index (χ2v) is 8.37. The molecule has 0 saturated heterocycles. The van der Waals surface area contributed by atoms with Crippen LogP contribution in [0.4, 0.5) is 0 Å². The summed E-state index contributed by atoms with van der Waals surface area (Å²) in [7, 11) is 6.60. The Kier molecular flexibility index (Phi) is 7.66. The highest BCUT2D eigenvalue weighted by atomic mass is 15.2. The summed E-state index contributed by atoms with van der Waals surface area (Å²) in [5.74, 6) is 1.68. The Morgan fingerprint density at radius 2 is 1.71 bits per heavy atom. The number of rotatable bonds is 7. The van der Waals surface area contributed by atoms with Crippen LogP contribution < -0.4 is 5.32 Å². The average molecular weight is 298 g/mol. The lowest BCUT2D eigenvalue weighted by molar-refractivity contribution is 0.0925. The quantitative estimate of drug-likeness (QED) is 0.779. The van der Waals surface area contributed by atoms with Gasteiger partial charge in [0.15, 0.2) is 0 Å². The molecule has 1 saturated carbocycles. The topological polar surface area (TPSA) is 18.5 Å². The van der Waals surface area contributed by atoms with Crippen molar-refractivity contribution in [3.63, 3.8) is 0 Å². The molecule has 0 heterocycles. The molecule has 0 aromatic rings. The van der Waals surface area contributed by atoms with Crippen molar-refractivity contribution < 1.29 is 0 Å². The van der Waals surface area contributed by atoms with Crippen LogP contribution in [0.1, 0.15) is 47.0 Å². The van der Waals surface area contributed by atoms with E-state index >= 15 is 0 Å². The molecule has 0 aliphatic heterocycles. The van der Waals surface area contributed by atoms with Crippen molar-refractivity contribution in [2.24, 2.45) is 17.3 Å². The maximum atomic E-state index is 3.74. The molecule has 3 nitrogen and oxygen atoms in total. The summed E-state index contributed by atoms with van der Waals surface area (Å²) < 4.78 is 0. The van der Waals surface area contributed by atoms with Gasteiger partial charge in [-0.2, -0.15) is 0 Å². The van der Waals surface area contributed by atoms with E-state index in [1.807, 2.05) is 0 Å². The molecule has 3 unspecified atom stereocenters. The van der Waals surface area contributed by atoms with Crippen molar-refractivity contribution in [3.8, 4) is 0 Å². The fraction of sp³-hybridized carbons (Fsp3) is 1.00. The molecule has 126 valence electrons. The van der Waals surface area contributed by atoms with Crippen LogP contribution in [0.25, 0.3) is 0 Å². The average Bonchev–Trinajstić information content (AvgIpc) is 2.37. The summed E-state index contributed by atoms with van der Waals surface area (Å²) in [5.41, 5.74) is 0.456. The third kappa shape index (κ3) is 6.66. The SMILES string of the molecule is CCNC1CCC(C(C)(C)C)CC1CN(C)CCN(C)C. The van der Waals surface area contributed by atoms with Crippen LogP contribution in [0, 0.1) is 17.3 Å². The zero-order valence-corrected chi connectivity index (χ0v) is 15.6. The van der Waals surface area contributed by atoms with Crippen molar-refractivity contribution in [1.82, 2.24) is 15.1 Å². The van der Waals surface area contributed by atoms with Crippen LogP contribution in [-0.4, -0.2) is 63.2 Å².